The lowest BCUT2D eigenvalue weighted by Gasteiger charge is -2.39. The molecule has 0 aliphatic carbocycles. The lowest BCUT2D eigenvalue weighted by Crippen LogP contribution is -2.39. The van der Waals surface area contributed by atoms with Crippen molar-refractivity contribution < 1.29 is 13.5 Å². The second-order valence-corrected chi connectivity index (χ2v) is 7.55. The topological polar surface area (TPSA) is 9.23 Å². The molecule has 0 aliphatic heterocycles. The van der Waals surface area contributed by atoms with Crippen LogP contribution in [0.15, 0.2) is 18.2 Å². The smallest absolute Gasteiger partial charge is 0.126 e. The Kier molecular flexibility index (Phi) is 11.0. The molecule has 0 saturated carbocycles. The number of methoxy groups -OCH3 is 1. The fourth-order valence-electron chi connectivity index (χ4n) is 4.22. The van der Waals surface area contributed by atoms with E-state index in [1.807, 2.05) is 7.11 Å². The van der Waals surface area contributed by atoms with E-state index < -0.39 is 11.6 Å². The normalized spacial score (nSPS) is 13.2. The quantitative estimate of drug-likeness (QED) is 0.309. The largest absolute Gasteiger partial charge is 0.378 e. The van der Waals surface area contributed by atoms with E-state index in [1.54, 1.807) is 0 Å². The Morgan fingerprint density at radius 1 is 0.846 bits per heavy atom. The van der Waals surface area contributed by atoms with Gasteiger partial charge in [-0.05, 0) is 55.7 Å². The highest BCUT2D eigenvalue weighted by Gasteiger charge is 2.34. The Hall–Kier alpha value is -0.960. The highest BCUT2D eigenvalue weighted by Crippen LogP contribution is 2.36. The summed E-state index contributed by atoms with van der Waals surface area (Å²) >= 11 is 0. The van der Waals surface area contributed by atoms with Gasteiger partial charge in [-0.3, -0.25) is 0 Å². The highest BCUT2D eigenvalue weighted by molar-refractivity contribution is 5.18. The molecule has 3 heteroatoms. The molecule has 0 bridgehead atoms. The van der Waals surface area contributed by atoms with E-state index >= 15 is 0 Å². The third-order valence-corrected chi connectivity index (χ3v) is 5.96. The molecule has 0 aromatic heterocycles. The van der Waals surface area contributed by atoms with Crippen molar-refractivity contribution in [3.8, 4) is 0 Å². The Labute approximate surface area is 159 Å². The van der Waals surface area contributed by atoms with Crippen molar-refractivity contribution in [2.45, 2.75) is 97.0 Å². The van der Waals surface area contributed by atoms with Gasteiger partial charge in [0, 0.05) is 13.2 Å². The number of aryl methyl sites for hydroxylation is 1. The van der Waals surface area contributed by atoms with Crippen LogP contribution in [0.4, 0.5) is 8.78 Å². The van der Waals surface area contributed by atoms with Gasteiger partial charge in [-0.15, -0.1) is 0 Å². The minimum atomic E-state index is -0.489. The summed E-state index contributed by atoms with van der Waals surface area (Å²) in [6.45, 7) is 6.60. The molecular formula is C23H38F2O. The summed E-state index contributed by atoms with van der Waals surface area (Å²) in [6.07, 6.45) is 12.3. The summed E-state index contributed by atoms with van der Waals surface area (Å²) in [5, 5.41) is 0. The minimum Gasteiger partial charge on any atom is -0.378 e. The Balaban J connectivity index is 2.70. The first-order valence-electron chi connectivity index (χ1n) is 10.5. The summed E-state index contributed by atoms with van der Waals surface area (Å²) in [5.41, 5.74) is 0.614. The predicted molar refractivity (Wildman–Crippen MR) is 106 cm³/mol. The van der Waals surface area contributed by atoms with Crippen molar-refractivity contribution in [1.29, 1.82) is 0 Å². The zero-order chi connectivity index (χ0) is 19.4. The van der Waals surface area contributed by atoms with Crippen LogP contribution in [-0.4, -0.2) is 12.7 Å². The Morgan fingerprint density at radius 3 is 1.96 bits per heavy atom. The molecule has 0 amide bonds. The molecule has 1 nitrogen and oxygen atoms in total. The van der Waals surface area contributed by atoms with Crippen molar-refractivity contribution in [3.63, 3.8) is 0 Å². The van der Waals surface area contributed by atoms with E-state index in [9.17, 15) is 8.78 Å². The molecule has 1 unspecified atom stereocenters. The number of halogens is 2. The number of ether oxygens (including phenoxy) is 1. The molecule has 0 spiro atoms. The van der Waals surface area contributed by atoms with Gasteiger partial charge in [0.25, 0.3) is 0 Å². The first-order valence-corrected chi connectivity index (χ1v) is 10.5. The molecule has 0 aliphatic rings. The number of unbranched alkanes of at least 4 members (excludes halogenated alkanes) is 5. The van der Waals surface area contributed by atoms with Crippen molar-refractivity contribution in [2.75, 3.05) is 7.11 Å². The second-order valence-electron chi connectivity index (χ2n) is 7.55. The lowest BCUT2D eigenvalue weighted by molar-refractivity contribution is -0.0704. The van der Waals surface area contributed by atoms with Crippen LogP contribution in [0.1, 0.15) is 90.5 Å². The van der Waals surface area contributed by atoms with Crippen LogP contribution in [0.3, 0.4) is 0 Å². The van der Waals surface area contributed by atoms with Crippen LogP contribution in [0.2, 0.25) is 0 Å². The molecule has 0 N–H and O–H groups in total. The van der Waals surface area contributed by atoms with E-state index in [0.717, 1.165) is 37.3 Å². The summed E-state index contributed by atoms with van der Waals surface area (Å²) in [6, 6.07) is 3.85. The zero-order valence-electron chi connectivity index (χ0n) is 17.3. The molecule has 1 rings (SSSR count). The standard InChI is InChI=1S/C23H38F2O/c1-5-8-9-10-11-12-13-20(23(6-2,7-3)26-4)15-14-19-16-21(24)18-22(25)17-19/h16-18,20H,5-15H2,1-4H3. The zero-order valence-corrected chi connectivity index (χ0v) is 17.3. The maximum absolute atomic E-state index is 13.5. The van der Waals surface area contributed by atoms with Crippen molar-refractivity contribution in [2.24, 2.45) is 5.92 Å². The molecule has 0 saturated heterocycles. The summed E-state index contributed by atoms with van der Waals surface area (Å²) in [5.74, 6) is -0.562. The molecule has 26 heavy (non-hydrogen) atoms. The monoisotopic (exact) mass is 368 g/mol. The SMILES string of the molecule is CCCCCCCCC(CCc1cc(F)cc(F)c1)C(CC)(CC)OC. The molecule has 0 radical (unpaired) electrons. The minimum absolute atomic E-state index is 0.130. The van der Waals surface area contributed by atoms with Gasteiger partial charge in [-0.25, -0.2) is 8.78 Å². The highest BCUT2D eigenvalue weighted by atomic mass is 19.1. The second kappa shape index (κ2) is 12.4. The fourth-order valence-corrected chi connectivity index (χ4v) is 4.22. The van der Waals surface area contributed by atoms with E-state index in [2.05, 4.69) is 20.8 Å². The maximum atomic E-state index is 13.5. The van der Waals surface area contributed by atoms with Crippen molar-refractivity contribution in [1.82, 2.24) is 0 Å². The number of hydrogen-bond donors (Lipinski definition) is 0. The van der Waals surface area contributed by atoms with Crippen LogP contribution in [0.25, 0.3) is 0 Å². The molecule has 150 valence electrons. The van der Waals surface area contributed by atoms with Crippen LogP contribution < -0.4 is 0 Å². The van der Waals surface area contributed by atoms with Gasteiger partial charge < -0.3 is 4.74 Å². The maximum Gasteiger partial charge on any atom is 0.126 e. The summed E-state index contributed by atoms with van der Waals surface area (Å²) in [7, 11) is 1.81. The summed E-state index contributed by atoms with van der Waals surface area (Å²) < 4.78 is 32.9. The van der Waals surface area contributed by atoms with Gasteiger partial charge in [0.2, 0.25) is 0 Å². The Morgan fingerprint density at radius 2 is 1.42 bits per heavy atom. The number of benzene rings is 1. The van der Waals surface area contributed by atoms with Gasteiger partial charge in [-0.1, -0.05) is 59.3 Å². The number of hydrogen-bond acceptors (Lipinski definition) is 1. The molecule has 1 atom stereocenters. The first kappa shape index (κ1) is 23.1. The lowest BCUT2D eigenvalue weighted by atomic mass is 9.76. The molecule has 0 heterocycles. The number of rotatable bonds is 14. The third-order valence-electron chi connectivity index (χ3n) is 5.96. The average molecular weight is 369 g/mol. The van der Waals surface area contributed by atoms with Gasteiger partial charge in [0.15, 0.2) is 0 Å². The molecule has 1 aromatic carbocycles. The summed E-state index contributed by atoms with van der Waals surface area (Å²) in [4.78, 5) is 0. The molecule has 1 aromatic rings. The van der Waals surface area contributed by atoms with E-state index in [0.29, 0.717) is 12.3 Å². The van der Waals surface area contributed by atoms with E-state index in [-0.39, 0.29) is 5.60 Å². The third kappa shape index (κ3) is 7.34. The fraction of sp³-hybridized carbons (Fsp3) is 0.739. The van der Waals surface area contributed by atoms with Crippen LogP contribution in [0.5, 0.6) is 0 Å². The molecular weight excluding hydrogens is 330 g/mol. The van der Waals surface area contributed by atoms with Crippen LogP contribution in [0, 0.1) is 17.6 Å². The van der Waals surface area contributed by atoms with Crippen LogP contribution >= 0.6 is 0 Å². The van der Waals surface area contributed by atoms with E-state index in [1.165, 1.54) is 50.7 Å². The van der Waals surface area contributed by atoms with E-state index in [4.69, 9.17) is 4.74 Å². The van der Waals surface area contributed by atoms with Gasteiger partial charge in [0.05, 0.1) is 5.60 Å². The first-order chi connectivity index (χ1) is 12.5. The van der Waals surface area contributed by atoms with Gasteiger partial charge in [0.1, 0.15) is 11.6 Å². The predicted octanol–water partition coefficient (Wildman–Crippen LogP) is 7.47. The van der Waals surface area contributed by atoms with Gasteiger partial charge in [-0.2, -0.15) is 0 Å². The molecule has 0 fully saturated rings. The van der Waals surface area contributed by atoms with Crippen LogP contribution in [-0.2, 0) is 11.2 Å². The van der Waals surface area contributed by atoms with Gasteiger partial charge >= 0.3 is 0 Å². The average Bonchev–Trinajstić information content (AvgIpc) is 2.62. The van der Waals surface area contributed by atoms with Crippen molar-refractivity contribution in [3.05, 3.63) is 35.4 Å². The van der Waals surface area contributed by atoms with Crippen molar-refractivity contribution >= 4 is 0 Å². The Bertz CT molecular complexity index is 468.